The topological polar surface area (TPSA) is 242 Å². The minimum Gasteiger partial charge on any atom is -0.508 e. The Bertz CT molecular complexity index is 1880. The molecule has 3 unspecified atom stereocenters. The Morgan fingerprint density at radius 2 is 1.22 bits per heavy atom. The molecule has 0 aliphatic heterocycles. The zero-order valence-corrected chi connectivity index (χ0v) is 31.6. The van der Waals surface area contributed by atoms with Crippen LogP contribution in [-0.4, -0.2) is 69.1 Å². The van der Waals surface area contributed by atoms with Crippen LogP contribution < -0.4 is 26.6 Å². The second-order valence-electron chi connectivity index (χ2n) is 14.8. The van der Waals surface area contributed by atoms with Gasteiger partial charge in [0.25, 0.3) is 0 Å². The Labute approximate surface area is 320 Å². The Balaban J connectivity index is 1.67. The molecule has 0 fully saturated rings. The largest absolute Gasteiger partial charge is 0.508 e. The summed E-state index contributed by atoms with van der Waals surface area (Å²) in [7, 11) is 0. The van der Waals surface area contributed by atoms with Crippen molar-refractivity contribution in [3.63, 3.8) is 0 Å². The molecular formula is C40H49N7O8. The van der Waals surface area contributed by atoms with Crippen molar-refractivity contribution in [2.75, 3.05) is 10.6 Å². The van der Waals surface area contributed by atoms with E-state index in [0.29, 0.717) is 28.1 Å². The number of amides is 3. The van der Waals surface area contributed by atoms with Crippen molar-refractivity contribution in [2.24, 2.45) is 16.3 Å². The van der Waals surface area contributed by atoms with Gasteiger partial charge in [-0.3, -0.25) is 14.4 Å². The Kier molecular flexibility index (Phi) is 15.7. The van der Waals surface area contributed by atoms with Crippen LogP contribution in [0.2, 0.25) is 0 Å². The van der Waals surface area contributed by atoms with Crippen LogP contribution in [0.15, 0.2) is 77.8 Å². The zero-order chi connectivity index (χ0) is 40.7. The number of aliphatic imine (C=N–C) groups is 1. The molecule has 3 amide bonds. The monoisotopic (exact) mass is 755 g/mol. The van der Waals surface area contributed by atoms with Crippen molar-refractivity contribution in [2.45, 2.75) is 84.8 Å². The average molecular weight is 756 g/mol. The first kappa shape index (κ1) is 43.0. The predicted octanol–water partition coefficient (Wildman–Crippen LogP) is 4.19. The number of anilines is 2. The molecule has 3 atom stereocenters. The molecule has 15 nitrogen and oxygen atoms in total. The number of nitrogens with zero attached hydrogens (tertiary/aromatic N) is 2. The number of hydrogen-bond acceptors (Lipinski definition) is 8. The number of hydrogen-bond donors (Lipinski definition) is 8. The average Bonchev–Trinajstić information content (AvgIpc) is 3.09. The number of phenolic OH excluding ortho intramolecular Hbond substituents is 1. The summed E-state index contributed by atoms with van der Waals surface area (Å²) in [6, 6.07) is 15.9. The number of benzene rings is 3. The minimum absolute atomic E-state index is 0.0358. The molecule has 0 heterocycles. The van der Waals surface area contributed by atoms with E-state index in [1.54, 1.807) is 66.9 Å². The van der Waals surface area contributed by atoms with E-state index in [1.165, 1.54) is 12.1 Å². The third kappa shape index (κ3) is 15.2. The second kappa shape index (κ2) is 20.1. The molecule has 3 aromatic carbocycles. The number of rotatable bonds is 17. The van der Waals surface area contributed by atoms with Gasteiger partial charge in [0.1, 0.15) is 23.9 Å². The number of nitrogens with one attached hydrogen (secondary N) is 5. The Morgan fingerprint density at radius 1 is 0.727 bits per heavy atom. The summed E-state index contributed by atoms with van der Waals surface area (Å²) in [5.74, 6) is -3.95. The Morgan fingerprint density at radius 3 is 1.69 bits per heavy atom. The second-order valence-corrected chi connectivity index (χ2v) is 14.8. The summed E-state index contributed by atoms with van der Waals surface area (Å²) in [5, 5.41) is 52.3. The lowest BCUT2D eigenvalue weighted by atomic mass is 9.91. The maximum Gasteiger partial charge on any atom is 0.326 e. The quantitative estimate of drug-likeness (QED) is 0.0420. The summed E-state index contributed by atoms with van der Waals surface area (Å²) >= 11 is 0. The molecule has 55 heavy (non-hydrogen) atoms. The first-order chi connectivity index (χ1) is 25.9. The molecule has 0 aromatic heterocycles. The van der Waals surface area contributed by atoms with Crippen molar-refractivity contribution in [1.82, 2.24) is 16.0 Å². The highest BCUT2D eigenvalue weighted by Crippen LogP contribution is 2.20. The lowest BCUT2D eigenvalue weighted by Crippen LogP contribution is -2.53. The smallest absolute Gasteiger partial charge is 0.326 e. The summed E-state index contributed by atoms with van der Waals surface area (Å²) in [6.07, 6.45) is 1.70. The summed E-state index contributed by atoms with van der Waals surface area (Å²) in [4.78, 5) is 67.4. The molecule has 3 aromatic rings. The van der Waals surface area contributed by atoms with Gasteiger partial charge in [-0.15, -0.1) is 4.99 Å². The Hall–Kier alpha value is -6.43. The third-order valence-electron chi connectivity index (χ3n) is 8.14. The van der Waals surface area contributed by atoms with Crippen LogP contribution in [0.3, 0.4) is 0 Å². The molecule has 292 valence electrons. The molecule has 15 heteroatoms. The lowest BCUT2D eigenvalue weighted by Gasteiger charge is -2.24. The molecular weight excluding hydrogens is 706 g/mol. The summed E-state index contributed by atoms with van der Waals surface area (Å²) < 4.78 is 0. The summed E-state index contributed by atoms with van der Waals surface area (Å²) in [5.41, 5.74) is 2.38. The van der Waals surface area contributed by atoms with E-state index in [4.69, 9.17) is 5.26 Å². The molecule has 0 saturated carbocycles. The SMILES string of the molecule is CC(C)CC(NC(=O)Cc1ccc(NC(=NC#N)Nc2ccc(O)cc2)cc1)C(=O)NC(Cc1ccccc1CC(NC(=O)CC(C)(C)C)C(=O)O)C(=O)O. The van der Waals surface area contributed by atoms with E-state index >= 15 is 0 Å². The molecule has 0 aliphatic rings. The number of phenols is 1. The molecule has 0 saturated heterocycles. The maximum atomic E-state index is 13.5. The van der Waals surface area contributed by atoms with Gasteiger partial charge in [0.15, 0.2) is 0 Å². The zero-order valence-electron chi connectivity index (χ0n) is 31.6. The minimum atomic E-state index is -1.41. The van der Waals surface area contributed by atoms with E-state index in [2.05, 4.69) is 31.6 Å². The number of nitriles is 1. The number of aliphatic carboxylic acids is 2. The van der Waals surface area contributed by atoms with Crippen molar-refractivity contribution in [1.29, 1.82) is 5.26 Å². The van der Waals surface area contributed by atoms with Gasteiger partial charge in [0, 0.05) is 30.6 Å². The van der Waals surface area contributed by atoms with E-state index in [-0.39, 0.29) is 55.1 Å². The van der Waals surface area contributed by atoms with Crippen LogP contribution in [0.1, 0.15) is 64.2 Å². The highest BCUT2D eigenvalue weighted by atomic mass is 16.4. The van der Waals surface area contributed by atoms with Gasteiger partial charge in [-0.25, -0.2) is 9.59 Å². The number of carbonyl (C=O) groups is 5. The molecule has 0 radical (unpaired) electrons. The number of carbonyl (C=O) groups excluding carboxylic acids is 3. The fourth-order valence-corrected chi connectivity index (χ4v) is 5.59. The van der Waals surface area contributed by atoms with Crippen molar-refractivity contribution >= 4 is 47.0 Å². The fraction of sp³-hybridized carbons (Fsp3) is 0.375. The van der Waals surface area contributed by atoms with Crippen molar-refractivity contribution in [3.8, 4) is 11.9 Å². The van der Waals surface area contributed by atoms with Crippen LogP contribution in [0, 0.1) is 22.8 Å². The normalized spacial score (nSPS) is 13.1. The van der Waals surface area contributed by atoms with Gasteiger partial charge in [-0.2, -0.15) is 5.26 Å². The van der Waals surface area contributed by atoms with Crippen LogP contribution >= 0.6 is 0 Å². The standard InChI is InChI=1S/C40H49N7O8/c1-24(2)18-31(45-34(49)19-25-10-12-28(13-11-25)43-39(42-23-41)44-29-14-16-30(48)17-15-29)36(51)47-33(38(54)55)21-27-9-7-6-8-26(27)20-32(37(52)53)46-35(50)22-40(3,4)5/h6-17,24,31-33,48H,18-22H2,1-5H3,(H,45,49)(H,46,50)(H,47,51)(H,52,53)(H,54,55)(H2,42,43,44). The number of aromatic hydroxyl groups is 1. The molecule has 0 spiro atoms. The van der Waals surface area contributed by atoms with E-state index in [9.17, 15) is 39.3 Å². The van der Waals surface area contributed by atoms with Crippen molar-refractivity contribution < 1.29 is 39.3 Å². The van der Waals surface area contributed by atoms with E-state index in [0.717, 1.165) is 0 Å². The van der Waals surface area contributed by atoms with Gasteiger partial charge in [0.2, 0.25) is 29.9 Å². The molecule has 0 bridgehead atoms. The van der Waals surface area contributed by atoms with Crippen LogP contribution in [0.25, 0.3) is 0 Å². The van der Waals surface area contributed by atoms with Gasteiger partial charge < -0.3 is 41.9 Å². The number of carboxylic acid groups (broad SMARTS) is 2. The maximum absolute atomic E-state index is 13.5. The molecule has 8 N–H and O–H groups in total. The summed E-state index contributed by atoms with van der Waals surface area (Å²) in [6.45, 7) is 9.31. The predicted molar refractivity (Wildman–Crippen MR) is 207 cm³/mol. The van der Waals surface area contributed by atoms with Crippen LogP contribution in [0.4, 0.5) is 11.4 Å². The molecule has 3 rings (SSSR count). The van der Waals surface area contributed by atoms with E-state index < -0.39 is 47.8 Å². The van der Waals surface area contributed by atoms with Gasteiger partial charge in [0.05, 0.1) is 6.42 Å². The van der Waals surface area contributed by atoms with Crippen LogP contribution in [0.5, 0.6) is 5.75 Å². The molecule has 0 aliphatic carbocycles. The highest BCUT2D eigenvalue weighted by molar-refractivity contribution is 6.04. The van der Waals surface area contributed by atoms with Crippen LogP contribution in [-0.2, 0) is 43.2 Å². The van der Waals surface area contributed by atoms with Gasteiger partial charge >= 0.3 is 11.9 Å². The van der Waals surface area contributed by atoms with Crippen molar-refractivity contribution in [3.05, 3.63) is 89.5 Å². The fourth-order valence-electron chi connectivity index (χ4n) is 5.59. The highest BCUT2D eigenvalue weighted by Gasteiger charge is 2.29. The third-order valence-corrected chi connectivity index (χ3v) is 8.14. The number of carboxylic acids is 2. The van der Waals surface area contributed by atoms with E-state index in [1.807, 2.05) is 34.6 Å². The first-order valence-corrected chi connectivity index (χ1v) is 17.7. The first-order valence-electron chi connectivity index (χ1n) is 17.7. The van der Waals surface area contributed by atoms with Gasteiger partial charge in [-0.05, 0) is 70.8 Å². The lowest BCUT2D eigenvalue weighted by molar-refractivity contribution is -0.142. The van der Waals surface area contributed by atoms with Gasteiger partial charge in [-0.1, -0.05) is 71.0 Å². The number of guanidine groups is 1.